The van der Waals surface area contributed by atoms with Gasteiger partial charge in [0.15, 0.2) is 0 Å². The summed E-state index contributed by atoms with van der Waals surface area (Å²) in [7, 11) is 0. The molecule has 0 aromatic heterocycles. The molecule has 7 N–H and O–H groups in total. The highest BCUT2D eigenvalue weighted by atomic mass is 16.5. The predicted octanol–water partition coefficient (Wildman–Crippen LogP) is -0.597. The van der Waals surface area contributed by atoms with E-state index in [-0.39, 0.29) is 6.42 Å². The molecule has 1 rings (SSSR count). The molecule has 5 amide bonds. The van der Waals surface area contributed by atoms with Crippen LogP contribution in [0.1, 0.15) is 86.5 Å². The van der Waals surface area contributed by atoms with E-state index in [0.29, 0.717) is 12.8 Å². The maximum atomic E-state index is 13.4. The molecule has 0 saturated carbocycles. The van der Waals surface area contributed by atoms with E-state index in [1.165, 1.54) is 6.92 Å². The molecule has 1 saturated heterocycles. The molecule has 1 fully saturated rings. The molecular weight excluding hydrogens is 562 g/mol. The Balaban J connectivity index is 3.44. The Bertz CT molecular complexity index is 961. The number of cyclic esters (lactones) is 1. The van der Waals surface area contributed by atoms with Gasteiger partial charge >= 0.3 is 5.97 Å². The summed E-state index contributed by atoms with van der Waals surface area (Å²) >= 11 is 0. The van der Waals surface area contributed by atoms with Gasteiger partial charge in [-0.1, -0.05) is 66.7 Å². The summed E-state index contributed by atoms with van der Waals surface area (Å²) in [6.07, 6.45) is 3.80. The van der Waals surface area contributed by atoms with Crippen LogP contribution in [0.4, 0.5) is 0 Å². The molecule has 1 heterocycles. The fraction of sp³-hybridized carbons (Fsp3) is 0.793. The van der Waals surface area contributed by atoms with Crippen LogP contribution in [0.2, 0.25) is 0 Å². The Kier molecular flexibility index (Phi) is 16.8. The van der Waals surface area contributed by atoms with E-state index in [9.17, 15) is 39.0 Å². The lowest BCUT2D eigenvalue weighted by molar-refractivity contribution is -0.157. The normalized spacial score (nSPS) is 27.0. The summed E-state index contributed by atoms with van der Waals surface area (Å²) in [5.74, 6) is -5.67. The summed E-state index contributed by atoms with van der Waals surface area (Å²) in [5.41, 5.74) is 0. The first-order valence-electron chi connectivity index (χ1n) is 15.2. The number of hydrogen-bond donors (Lipinski definition) is 7. The van der Waals surface area contributed by atoms with Gasteiger partial charge in [0.25, 0.3) is 0 Å². The number of esters is 1. The number of carbonyl (C=O) groups is 6. The van der Waals surface area contributed by atoms with E-state index in [1.54, 1.807) is 20.8 Å². The Morgan fingerprint density at radius 1 is 0.791 bits per heavy atom. The molecule has 14 heteroatoms. The summed E-state index contributed by atoms with van der Waals surface area (Å²) in [4.78, 5) is 78.6. The number of unbranched alkanes of at least 4 members (excludes halogenated alkanes) is 4. The van der Waals surface area contributed by atoms with Gasteiger partial charge < -0.3 is 41.5 Å². The van der Waals surface area contributed by atoms with Gasteiger partial charge in [-0.15, -0.1) is 0 Å². The fourth-order valence-corrected chi connectivity index (χ4v) is 4.48. The molecule has 0 aliphatic carbocycles. The number of aliphatic hydroxyl groups excluding tert-OH is 2. The lowest BCUT2D eigenvalue weighted by Crippen LogP contribution is -2.63. The molecule has 246 valence electrons. The van der Waals surface area contributed by atoms with E-state index >= 15 is 0 Å². The lowest BCUT2D eigenvalue weighted by atomic mass is 9.97. The maximum absolute atomic E-state index is 13.4. The van der Waals surface area contributed by atoms with Crippen molar-refractivity contribution in [1.82, 2.24) is 26.6 Å². The molecular formula is C29H51N5O9. The number of carbonyl (C=O) groups excluding carboxylic acids is 6. The highest BCUT2D eigenvalue weighted by molar-refractivity contribution is 5.96. The maximum Gasteiger partial charge on any atom is 0.329 e. The van der Waals surface area contributed by atoms with E-state index in [2.05, 4.69) is 33.5 Å². The van der Waals surface area contributed by atoms with Gasteiger partial charge in [0.05, 0.1) is 13.2 Å². The molecule has 0 aromatic carbocycles. The van der Waals surface area contributed by atoms with Crippen molar-refractivity contribution in [3.8, 4) is 0 Å². The fourth-order valence-electron chi connectivity index (χ4n) is 4.48. The minimum Gasteiger partial charge on any atom is -0.458 e. The van der Waals surface area contributed by atoms with Crippen LogP contribution < -0.4 is 26.6 Å². The third-order valence-electron chi connectivity index (χ3n) is 7.52. The quantitative estimate of drug-likeness (QED) is 0.110. The molecule has 0 bridgehead atoms. The van der Waals surface area contributed by atoms with Crippen LogP contribution in [-0.2, 0) is 33.5 Å². The molecule has 1 aliphatic rings. The zero-order chi connectivity index (χ0) is 32.7. The first-order chi connectivity index (χ1) is 20.3. The van der Waals surface area contributed by atoms with E-state index in [0.717, 1.165) is 25.7 Å². The predicted molar refractivity (Wildman–Crippen MR) is 157 cm³/mol. The largest absolute Gasteiger partial charge is 0.458 e. The second-order valence-electron chi connectivity index (χ2n) is 11.4. The van der Waals surface area contributed by atoms with Crippen molar-refractivity contribution in [3.63, 3.8) is 0 Å². The highest BCUT2D eigenvalue weighted by Gasteiger charge is 2.38. The first kappa shape index (κ1) is 37.8. The summed E-state index contributed by atoms with van der Waals surface area (Å²) in [6.45, 7) is 8.63. The first-order valence-corrected chi connectivity index (χ1v) is 15.2. The average Bonchev–Trinajstić information content (AvgIpc) is 2.96. The zero-order valence-electron chi connectivity index (χ0n) is 26.2. The molecule has 7 atom stereocenters. The van der Waals surface area contributed by atoms with Crippen molar-refractivity contribution in [2.45, 2.75) is 123 Å². The van der Waals surface area contributed by atoms with Crippen molar-refractivity contribution in [2.24, 2.45) is 11.8 Å². The van der Waals surface area contributed by atoms with E-state index < -0.39 is 96.9 Å². The number of nitrogens with one attached hydrogen (secondary N) is 5. The standard InChI is InChI=1S/C29H51N5O9/c1-7-9-10-11-12-13-21(37)32-24-18(6)43-29(42)23(17(5)8-2)34-27(40)22(16(3)4)33-26(39)20(15-36)30-25(38)19(14-35)31-28(24)41/h16-20,22-24,35-36H,7-15H2,1-6H3,(H,30,38)(H,31,41)(H,32,37)(H,33,39)(H,34,40)/t17-,18+,19+,20-,22+,23+,24-/m0/s1. The zero-order valence-corrected chi connectivity index (χ0v) is 26.2. The molecule has 0 radical (unpaired) electrons. The lowest BCUT2D eigenvalue weighted by Gasteiger charge is -2.31. The Labute approximate surface area is 253 Å². The van der Waals surface area contributed by atoms with Gasteiger partial charge in [0, 0.05) is 6.42 Å². The molecule has 1 aliphatic heterocycles. The second-order valence-corrected chi connectivity index (χ2v) is 11.4. The monoisotopic (exact) mass is 613 g/mol. The Morgan fingerprint density at radius 2 is 1.33 bits per heavy atom. The SMILES string of the molecule is CCCCCCCC(=O)N[C@@H]1C(=O)N[C@H](CO)C(=O)N[C@@H](CO)C(=O)N[C@H](C(C)C)C(=O)N[C@H]([C@@H](C)CC)C(=O)O[C@@H]1C. The van der Waals surface area contributed by atoms with Crippen molar-refractivity contribution >= 4 is 35.5 Å². The Morgan fingerprint density at radius 3 is 1.86 bits per heavy atom. The van der Waals surface area contributed by atoms with Gasteiger partial charge in [-0.25, -0.2) is 4.79 Å². The van der Waals surface area contributed by atoms with Crippen LogP contribution in [0.25, 0.3) is 0 Å². The van der Waals surface area contributed by atoms with Crippen molar-refractivity contribution in [1.29, 1.82) is 0 Å². The molecule has 0 unspecified atom stereocenters. The van der Waals surface area contributed by atoms with Crippen molar-refractivity contribution in [2.75, 3.05) is 13.2 Å². The van der Waals surface area contributed by atoms with Gasteiger partial charge in [-0.3, -0.25) is 24.0 Å². The molecule has 14 nitrogen and oxygen atoms in total. The van der Waals surface area contributed by atoms with Crippen molar-refractivity contribution < 1.29 is 43.7 Å². The van der Waals surface area contributed by atoms with Crippen LogP contribution in [0, 0.1) is 11.8 Å². The number of ether oxygens (including phenoxy) is 1. The molecule has 0 spiro atoms. The van der Waals surface area contributed by atoms with Gasteiger partial charge in [-0.05, 0) is 25.2 Å². The average molecular weight is 614 g/mol. The van der Waals surface area contributed by atoms with Crippen LogP contribution in [-0.4, -0.2) is 95.2 Å². The smallest absolute Gasteiger partial charge is 0.329 e. The minimum absolute atomic E-state index is 0.119. The van der Waals surface area contributed by atoms with Gasteiger partial charge in [-0.2, -0.15) is 0 Å². The minimum atomic E-state index is -1.57. The topological polar surface area (TPSA) is 212 Å². The summed E-state index contributed by atoms with van der Waals surface area (Å²) in [6, 6.07) is -6.83. The van der Waals surface area contributed by atoms with Crippen LogP contribution in [0.15, 0.2) is 0 Å². The van der Waals surface area contributed by atoms with Gasteiger partial charge in [0.2, 0.25) is 29.5 Å². The Hall–Kier alpha value is -3.26. The van der Waals surface area contributed by atoms with E-state index in [4.69, 9.17) is 4.74 Å². The summed E-state index contributed by atoms with van der Waals surface area (Å²) < 4.78 is 5.61. The molecule has 0 aromatic rings. The number of aliphatic hydroxyl groups is 2. The highest BCUT2D eigenvalue weighted by Crippen LogP contribution is 2.14. The number of amides is 5. The number of rotatable bonds is 12. The van der Waals surface area contributed by atoms with Crippen LogP contribution in [0.5, 0.6) is 0 Å². The summed E-state index contributed by atoms with van der Waals surface area (Å²) in [5, 5.41) is 32.0. The van der Waals surface area contributed by atoms with Crippen molar-refractivity contribution in [3.05, 3.63) is 0 Å². The number of hydrogen-bond acceptors (Lipinski definition) is 9. The molecule has 43 heavy (non-hydrogen) atoms. The van der Waals surface area contributed by atoms with Crippen LogP contribution >= 0.6 is 0 Å². The van der Waals surface area contributed by atoms with Crippen LogP contribution in [0.3, 0.4) is 0 Å². The third kappa shape index (κ3) is 12.1. The second kappa shape index (κ2) is 19.1. The van der Waals surface area contributed by atoms with Gasteiger partial charge in [0.1, 0.15) is 36.3 Å². The van der Waals surface area contributed by atoms with E-state index in [1.807, 2.05) is 6.92 Å². The third-order valence-corrected chi connectivity index (χ3v) is 7.52.